The van der Waals surface area contributed by atoms with Gasteiger partial charge in [0.2, 0.25) is 0 Å². The molecule has 0 aliphatic heterocycles. The van der Waals surface area contributed by atoms with E-state index in [9.17, 15) is 5.11 Å². The number of aliphatic hydroxyl groups is 1. The molecule has 2 N–H and O–H groups in total. The zero-order valence-corrected chi connectivity index (χ0v) is 19.7. The SMILES string of the molecule is COc1ccc2nc3c(c(NCCCC(c4ccccc4)c4ccccc4)c2c1)C(O)CCC3. The smallest absolute Gasteiger partial charge is 0.119 e. The van der Waals surface area contributed by atoms with Gasteiger partial charge in [-0.1, -0.05) is 60.7 Å². The van der Waals surface area contributed by atoms with Gasteiger partial charge in [0, 0.05) is 29.1 Å². The zero-order valence-electron chi connectivity index (χ0n) is 19.7. The van der Waals surface area contributed by atoms with E-state index in [1.807, 2.05) is 18.2 Å². The van der Waals surface area contributed by atoms with Crippen molar-refractivity contribution in [1.29, 1.82) is 0 Å². The van der Waals surface area contributed by atoms with Gasteiger partial charge < -0.3 is 15.2 Å². The summed E-state index contributed by atoms with van der Waals surface area (Å²) in [6, 6.07) is 27.5. The van der Waals surface area contributed by atoms with Crippen molar-refractivity contribution in [2.75, 3.05) is 19.0 Å². The van der Waals surface area contributed by atoms with Crippen LogP contribution < -0.4 is 10.1 Å². The maximum absolute atomic E-state index is 10.9. The Labute approximate surface area is 201 Å². The lowest BCUT2D eigenvalue weighted by atomic mass is 9.87. The van der Waals surface area contributed by atoms with E-state index in [0.717, 1.165) is 72.2 Å². The largest absolute Gasteiger partial charge is 0.497 e. The summed E-state index contributed by atoms with van der Waals surface area (Å²) in [6.45, 7) is 0.825. The quantitative estimate of drug-likeness (QED) is 0.294. The molecule has 0 spiro atoms. The van der Waals surface area contributed by atoms with E-state index in [4.69, 9.17) is 9.72 Å². The van der Waals surface area contributed by atoms with Gasteiger partial charge in [-0.3, -0.25) is 4.98 Å². The minimum atomic E-state index is -0.476. The van der Waals surface area contributed by atoms with Crippen LogP contribution in [0.1, 0.15) is 60.1 Å². The third-order valence-corrected chi connectivity index (χ3v) is 6.91. The number of fused-ring (bicyclic) bond motifs is 2. The highest BCUT2D eigenvalue weighted by molar-refractivity contribution is 5.94. The van der Waals surface area contributed by atoms with Crippen LogP contribution in [0.5, 0.6) is 5.75 Å². The monoisotopic (exact) mass is 452 g/mol. The summed E-state index contributed by atoms with van der Waals surface area (Å²) in [5, 5.41) is 15.6. The van der Waals surface area contributed by atoms with Gasteiger partial charge in [0.05, 0.1) is 24.4 Å². The summed E-state index contributed by atoms with van der Waals surface area (Å²) in [5.74, 6) is 1.16. The number of anilines is 1. The van der Waals surface area contributed by atoms with E-state index in [1.54, 1.807) is 7.11 Å². The van der Waals surface area contributed by atoms with Crippen molar-refractivity contribution < 1.29 is 9.84 Å². The van der Waals surface area contributed by atoms with Crippen LogP contribution in [0.15, 0.2) is 78.9 Å². The van der Waals surface area contributed by atoms with Crippen molar-refractivity contribution in [2.24, 2.45) is 0 Å². The first-order valence-electron chi connectivity index (χ1n) is 12.3. The molecule has 1 aliphatic carbocycles. The van der Waals surface area contributed by atoms with Crippen molar-refractivity contribution in [2.45, 2.75) is 44.1 Å². The van der Waals surface area contributed by atoms with Gasteiger partial charge in [-0.05, 0) is 61.4 Å². The predicted octanol–water partition coefficient (Wildman–Crippen LogP) is 6.64. The lowest BCUT2D eigenvalue weighted by molar-refractivity contribution is 0.156. The number of aryl methyl sites for hydroxylation is 1. The van der Waals surface area contributed by atoms with Crippen molar-refractivity contribution in [1.82, 2.24) is 4.98 Å². The second-order valence-electron chi connectivity index (χ2n) is 9.08. The fraction of sp³-hybridized carbons (Fsp3) is 0.300. The van der Waals surface area contributed by atoms with Crippen LogP contribution in [0.25, 0.3) is 10.9 Å². The molecule has 5 rings (SSSR count). The Morgan fingerprint density at radius 1 is 1.00 bits per heavy atom. The van der Waals surface area contributed by atoms with Gasteiger partial charge in [0.1, 0.15) is 5.75 Å². The molecule has 1 heterocycles. The molecule has 1 unspecified atom stereocenters. The molecule has 174 valence electrons. The van der Waals surface area contributed by atoms with Gasteiger partial charge in [0.15, 0.2) is 0 Å². The van der Waals surface area contributed by atoms with E-state index < -0.39 is 6.10 Å². The molecule has 0 amide bonds. The van der Waals surface area contributed by atoms with Gasteiger partial charge >= 0.3 is 0 Å². The number of methoxy groups -OCH3 is 1. The molecular weight excluding hydrogens is 420 g/mol. The van der Waals surface area contributed by atoms with Gasteiger partial charge in [-0.25, -0.2) is 0 Å². The number of aromatic nitrogens is 1. The number of benzene rings is 3. The molecule has 4 nitrogen and oxygen atoms in total. The predicted molar refractivity (Wildman–Crippen MR) is 139 cm³/mol. The molecular formula is C30H32N2O2. The molecule has 3 aromatic carbocycles. The standard InChI is InChI=1S/C30H32N2O2/c1-34-23-17-18-26-25(20-23)30(29-27(32-26)15-8-16-28(29)33)31-19-9-14-24(21-10-4-2-5-11-21)22-12-6-3-7-13-22/h2-7,10-13,17-18,20,24,28,33H,8-9,14-16,19H2,1H3,(H,31,32). The van der Waals surface area contributed by atoms with E-state index in [2.05, 4.69) is 66.0 Å². The molecule has 4 aromatic rings. The molecule has 0 radical (unpaired) electrons. The Bertz CT molecular complexity index is 1200. The third kappa shape index (κ3) is 4.64. The van der Waals surface area contributed by atoms with Crippen molar-refractivity contribution in [3.8, 4) is 5.75 Å². The van der Waals surface area contributed by atoms with Crippen molar-refractivity contribution in [3.05, 3.63) is 101 Å². The minimum Gasteiger partial charge on any atom is -0.497 e. The minimum absolute atomic E-state index is 0.359. The Morgan fingerprint density at radius 3 is 2.38 bits per heavy atom. The summed E-state index contributed by atoms with van der Waals surface area (Å²) in [7, 11) is 1.68. The van der Waals surface area contributed by atoms with Crippen LogP contribution in [0.2, 0.25) is 0 Å². The van der Waals surface area contributed by atoms with Crippen LogP contribution in [0.3, 0.4) is 0 Å². The second-order valence-corrected chi connectivity index (χ2v) is 9.08. The number of nitrogens with one attached hydrogen (secondary N) is 1. The number of ether oxygens (including phenoxy) is 1. The lowest BCUT2D eigenvalue weighted by Gasteiger charge is -2.26. The highest BCUT2D eigenvalue weighted by Gasteiger charge is 2.25. The normalized spacial score (nSPS) is 15.3. The first kappa shape index (κ1) is 22.4. The molecule has 0 bridgehead atoms. The summed E-state index contributed by atoms with van der Waals surface area (Å²) < 4.78 is 5.49. The van der Waals surface area contributed by atoms with Crippen LogP contribution in [0, 0.1) is 0 Å². The average molecular weight is 453 g/mol. The highest BCUT2D eigenvalue weighted by Crippen LogP contribution is 2.40. The number of nitrogens with zero attached hydrogens (tertiary/aromatic N) is 1. The molecule has 0 saturated carbocycles. The van der Waals surface area contributed by atoms with Crippen LogP contribution in [-0.2, 0) is 6.42 Å². The summed E-state index contributed by atoms with van der Waals surface area (Å²) in [4.78, 5) is 4.88. The number of hydrogen-bond donors (Lipinski definition) is 2. The summed E-state index contributed by atoms with van der Waals surface area (Å²) in [5.41, 5.74) is 6.64. The number of aliphatic hydroxyl groups excluding tert-OH is 1. The molecule has 0 saturated heterocycles. The van der Waals surface area contributed by atoms with Gasteiger partial charge in [-0.15, -0.1) is 0 Å². The Balaban J connectivity index is 1.40. The Kier molecular flexibility index (Phi) is 6.77. The maximum Gasteiger partial charge on any atom is 0.119 e. The summed E-state index contributed by atoms with van der Waals surface area (Å²) >= 11 is 0. The third-order valence-electron chi connectivity index (χ3n) is 6.91. The molecule has 4 heteroatoms. The Morgan fingerprint density at radius 2 is 1.71 bits per heavy atom. The number of rotatable bonds is 8. The fourth-order valence-corrected chi connectivity index (χ4v) is 5.20. The zero-order chi connectivity index (χ0) is 23.3. The van der Waals surface area contributed by atoms with Crippen LogP contribution >= 0.6 is 0 Å². The van der Waals surface area contributed by atoms with Crippen LogP contribution in [0.4, 0.5) is 5.69 Å². The van der Waals surface area contributed by atoms with Crippen molar-refractivity contribution in [3.63, 3.8) is 0 Å². The van der Waals surface area contributed by atoms with Gasteiger partial charge in [0.25, 0.3) is 0 Å². The fourth-order valence-electron chi connectivity index (χ4n) is 5.20. The average Bonchev–Trinajstić information content (AvgIpc) is 2.89. The van der Waals surface area contributed by atoms with E-state index >= 15 is 0 Å². The molecule has 1 aromatic heterocycles. The molecule has 34 heavy (non-hydrogen) atoms. The number of pyridine rings is 1. The lowest BCUT2D eigenvalue weighted by Crippen LogP contribution is -2.16. The molecule has 1 aliphatic rings. The second kappa shape index (κ2) is 10.3. The van der Waals surface area contributed by atoms with E-state index in [-0.39, 0.29) is 0 Å². The first-order chi connectivity index (χ1) is 16.7. The first-order valence-corrected chi connectivity index (χ1v) is 12.3. The highest BCUT2D eigenvalue weighted by atomic mass is 16.5. The topological polar surface area (TPSA) is 54.4 Å². The summed E-state index contributed by atoms with van der Waals surface area (Å²) in [6.07, 6.45) is 4.23. The van der Waals surface area contributed by atoms with Gasteiger partial charge in [-0.2, -0.15) is 0 Å². The van der Waals surface area contributed by atoms with E-state index in [0.29, 0.717) is 5.92 Å². The Hall–Kier alpha value is -3.37. The number of hydrogen-bond acceptors (Lipinski definition) is 4. The molecule has 1 atom stereocenters. The van der Waals surface area contributed by atoms with E-state index in [1.165, 1.54) is 11.1 Å². The van der Waals surface area contributed by atoms with Crippen LogP contribution in [-0.4, -0.2) is 23.7 Å². The molecule has 0 fully saturated rings. The van der Waals surface area contributed by atoms with Crippen molar-refractivity contribution >= 4 is 16.6 Å². The maximum atomic E-state index is 10.9.